The summed E-state index contributed by atoms with van der Waals surface area (Å²) in [6, 6.07) is 4.23. The molecule has 1 amide bonds. The topological polar surface area (TPSA) is 54.5 Å². The van der Waals surface area contributed by atoms with Crippen molar-refractivity contribution in [2.75, 3.05) is 13.1 Å². The molecule has 1 fully saturated rings. The number of hydrogen-bond donors (Lipinski definition) is 0. The molecule has 4 nitrogen and oxygen atoms in total. The van der Waals surface area contributed by atoms with E-state index in [0.717, 1.165) is 19.4 Å². The number of rotatable bonds is 5. The summed E-state index contributed by atoms with van der Waals surface area (Å²) in [6.45, 7) is 3.23. The molecule has 0 unspecified atom stereocenters. The monoisotopic (exact) mass is 379 g/mol. The van der Waals surface area contributed by atoms with Crippen LogP contribution in [0.4, 0.5) is 0 Å². The van der Waals surface area contributed by atoms with Crippen LogP contribution < -0.4 is 0 Å². The highest BCUT2D eigenvalue weighted by molar-refractivity contribution is 9.10. The van der Waals surface area contributed by atoms with Crippen LogP contribution in [-0.2, 0) is 9.05 Å². The summed E-state index contributed by atoms with van der Waals surface area (Å²) in [4.78, 5) is 14.2. The van der Waals surface area contributed by atoms with Crippen molar-refractivity contribution < 1.29 is 13.2 Å². The summed E-state index contributed by atoms with van der Waals surface area (Å²) in [6.07, 6.45) is 2.31. The number of halogens is 2. The van der Waals surface area contributed by atoms with E-state index in [2.05, 4.69) is 15.9 Å². The van der Waals surface area contributed by atoms with Crippen LogP contribution in [0.25, 0.3) is 0 Å². The highest BCUT2D eigenvalue weighted by atomic mass is 79.9. The van der Waals surface area contributed by atoms with Gasteiger partial charge < -0.3 is 4.90 Å². The molecule has 0 bridgehead atoms. The van der Waals surface area contributed by atoms with Crippen LogP contribution in [0.5, 0.6) is 0 Å². The molecule has 7 heteroatoms. The van der Waals surface area contributed by atoms with Crippen molar-refractivity contribution in [2.45, 2.75) is 24.7 Å². The predicted octanol–water partition coefficient (Wildman–Crippen LogP) is 3.25. The van der Waals surface area contributed by atoms with Crippen LogP contribution in [-0.4, -0.2) is 32.3 Å². The number of nitrogens with zero attached hydrogens (tertiary/aromatic N) is 1. The Morgan fingerprint density at radius 1 is 1.45 bits per heavy atom. The first-order valence-electron chi connectivity index (χ1n) is 6.36. The van der Waals surface area contributed by atoms with Gasteiger partial charge in [-0.25, -0.2) is 8.42 Å². The fraction of sp³-hybridized carbons (Fsp3) is 0.462. The third kappa shape index (κ3) is 3.74. The molecule has 20 heavy (non-hydrogen) atoms. The Bertz CT molecular complexity index is 629. The lowest BCUT2D eigenvalue weighted by Crippen LogP contribution is -2.33. The van der Waals surface area contributed by atoms with Crippen molar-refractivity contribution in [3.63, 3.8) is 0 Å². The zero-order chi connectivity index (χ0) is 14.9. The van der Waals surface area contributed by atoms with Crippen LogP contribution in [0.3, 0.4) is 0 Å². The molecule has 1 aromatic carbocycles. The molecule has 1 aliphatic rings. The standard InChI is InChI=1S/C13H15BrClNO3S/c1-2-16(8-9-3-4-9)13(17)11-7-10(20(15,18)19)5-6-12(11)14/h5-7,9H,2-4,8H2,1H3. The zero-order valence-electron chi connectivity index (χ0n) is 11.0. The van der Waals surface area contributed by atoms with Crippen LogP contribution >= 0.6 is 26.6 Å². The van der Waals surface area contributed by atoms with Gasteiger partial charge in [-0.15, -0.1) is 0 Å². The van der Waals surface area contributed by atoms with Crippen molar-refractivity contribution in [2.24, 2.45) is 5.92 Å². The van der Waals surface area contributed by atoms with E-state index in [9.17, 15) is 13.2 Å². The Labute approximate surface area is 131 Å². The highest BCUT2D eigenvalue weighted by Crippen LogP contribution is 2.31. The number of carbonyl (C=O) groups is 1. The first kappa shape index (κ1) is 15.8. The SMILES string of the molecule is CCN(CC1CC1)C(=O)c1cc(S(=O)(=O)Cl)ccc1Br. The summed E-state index contributed by atoms with van der Waals surface area (Å²) in [5, 5.41) is 0. The minimum atomic E-state index is -3.84. The number of hydrogen-bond acceptors (Lipinski definition) is 3. The minimum Gasteiger partial charge on any atom is -0.339 e. The molecular weight excluding hydrogens is 366 g/mol. The van der Waals surface area contributed by atoms with E-state index in [1.807, 2.05) is 6.92 Å². The smallest absolute Gasteiger partial charge is 0.261 e. The second-order valence-corrected chi connectivity index (χ2v) is 8.29. The minimum absolute atomic E-state index is 0.0619. The lowest BCUT2D eigenvalue weighted by Gasteiger charge is -2.21. The predicted molar refractivity (Wildman–Crippen MR) is 81.5 cm³/mol. The Morgan fingerprint density at radius 2 is 2.10 bits per heavy atom. The van der Waals surface area contributed by atoms with Gasteiger partial charge in [-0.2, -0.15) is 0 Å². The van der Waals surface area contributed by atoms with Gasteiger partial charge in [0.1, 0.15) is 0 Å². The first-order chi connectivity index (χ1) is 9.32. The molecule has 0 radical (unpaired) electrons. The number of carbonyl (C=O) groups excluding carboxylic acids is 1. The summed E-state index contributed by atoms with van der Waals surface area (Å²) in [7, 11) is 1.49. The summed E-state index contributed by atoms with van der Waals surface area (Å²) in [5.41, 5.74) is 0.328. The fourth-order valence-corrected chi connectivity index (χ4v) is 3.15. The number of amides is 1. The van der Waals surface area contributed by atoms with Gasteiger partial charge in [-0.05, 0) is 59.8 Å². The quantitative estimate of drug-likeness (QED) is 0.737. The lowest BCUT2D eigenvalue weighted by molar-refractivity contribution is 0.0755. The average molecular weight is 381 g/mol. The Kier molecular flexibility index (Phi) is 4.76. The van der Waals surface area contributed by atoms with Crippen molar-refractivity contribution >= 4 is 41.6 Å². The molecule has 1 aliphatic carbocycles. The molecule has 2 rings (SSSR count). The molecule has 0 spiro atoms. The normalized spacial score (nSPS) is 15.2. The maximum absolute atomic E-state index is 12.5. The van der Waals surface area contributed by atoms with Crippen LogP contribution in [0.15, 0.2) is 27.6 Å². The van der Waals surface area contributed by atoms with Crippen LogP contribution in [0.1, 0.15) is 30.1 Å². The van der Waals surface area contributed by atoms with Gasteiger partial charge in [0.15, 0.2) is 0 Å². The Hall–Kier alpha value is -0.590. The van der Waals surface area contributed by atoms with E-state index < -0.39 is 9.05 Å². The lowest BCUT2D eigenvalue weighted by atomic mass is 10.2. The molecule has 0 saturated heterocycles. The van der Waals surface area contributed by atoms with Crippen LogP contribution in [0.2, 0.25) is 0 Å². The largest absolute Gasteiger partial charge is 0.339 e. The molecule has 0 aliphatic heterocycles. The molecule has 1 aromatic rings. The zero-order valence-corrected chi connectivity index (χ0v) is 14.1. The maximum Gasteiger partial charge on any atom is 0.261 e. The maximum atomic E-state index is 12.5. The molecule has 0 aromatic heterocycles. The molecule has 1 saturated carbocycles. The van der Waals surface area contributed by atoms with E-state index in [1.165, 1.54) is 18.2 Å². The molecule has 0 heterocycles. The first-order valence-corrected chi connectivity index (χ1v) is 9.46. The van der Waals surface area contributed by atoms with Crippen LogP contribution in [0, 0.1) is 5.92 Å². The van der Waals surface area contributed by atoms with Gasteiger partial charge in [0.2, 0.25) is 0 Å². The second-order valence-electron chi connectivity index (χ2n) is 4.87. The van der Waals surface area contributed by atoms with Crippen molar-refractivity contribution in [3.8, 4) is 0 Å². The Morgan fingerprint density at radius 3 is 2.60 bits per heavy atom. The van der Waals surface area contributed by atoms with Crippen molar-refractivity contribution in [1.29, 1.82) is 0 Å². The average Bonchev–Trinajstić information content (AvgIpc) is 3.18. The van der Waals surface area contributed by atoms with Crippen molar-refractivity contribution in [3.05, 3.63) is 28.2 Å². The highest BCUT2D eigenvalue weighted by Gasteiger charge is 2.27. The molecular formula is C13H15BrClNO3S. The molecule has 0 atom stereocenters. The van der Waals surface area contributed by atoms with E-state index >= 15 is 0 Å². The van der Waals surface area contributed by atoms with Gasteiger partial charge in [-0.1, -0.05) is 0 Å². The Balaban J connectivity index is 2.32. The summed E-state index contributed by atoms with van der Waals surface area (Å²) >= 11 is 3.29. The van der Waals surface area contributed by atoms with Gasteiger partial charge in [0, 0.05) is 28.2 Å². The van der Waals surface area contributed by atoms with E-state index in [4.69, 9.17) is 10.7 Å². The van der Waals surface area contributed by atoms with E-state index in [1.54, 1.807) is 4.90 Å². The summed E-state index contributed by atoms with van der Waals surface area (Å²) < 4.78 is 23.3. The van der Waals surface area contributed by atoms with E-state index in [0.29, 0.717) is 22.5 Å². The van der Waals surface area contributed by atoms with Crippen molar-refractivity contribution in [1.82, 2.24) is 4.90 Å². The fourth-order valence-electron chi connectivity index (χ4n) is 1.96. The van der Waals surface area contributed by atoms with Gasteiger partial charge in [0.05, 0.1) is 10.5 Å². The van der Waals surface area contributed by atoms with E-state index in [-0.39, 0.29) is 10.8 Å². The third-order valence-electron chi connectivity index (χ3n) is 3.29. The van der Waals surface area contributed by atoms with Gasteiger partial charge >= 0.3 is 0 Å². The second kappa shape index (κ2) is 6.03. The number of benzene rings is 1. The van der Waals surface area contributed by atoms with Gasteiger partial charge in [-0.3, -0.25) is 4.79 Å². The molecule has 110 valence electrons. The molecule has 0 N–H and O–H groups in total. The van der Waals surface area contributed by atoms with Gasteiger partial charge in [0.25, 0.3) is 15.0 Å². The summed E-state index contributed by atoms with van der Waals surface area (Å²) in [5.74, 6) is 0.408. The third-order valence-corrected chi connectivity index (χ3v) is 5.34.